The van der Waals surface area contributed by atoms with E-state index in [0.29, 0.717) is 21.4 Å². The van der Waals surface area contributed by atoms with Crippen molar-refractivity contribution < 1.29 is 24.6 Å². The van der Waals surface area contributed by atoms with Crippen LogP contribution in [0, 0.1) is 0 Å². The molecular weight excluding hydrogens is 541 g/mol. The maximum Gasteiger partial charge on any atom is 0.334 e. The molecule has 39 heavy (non-hydrogen) atoms. The third-order valence-electron chi connectivity index (χ3n) is 6.56. The van der Waals surface area contributed by atoms with Crippen LogP contribution in [-0.4, -0.2) is 40.8 Å². The van der Waals surface area contributed by atoms with Crippen LogP contribution in [0.3, 0.4) is 0 Å². The molecule has 8 nitrogen and oxygen atoms in total. The Balaban J connectivity index is 1.83. The van der Waals surface area contributed by atoms with Gasteiger partial charge in [-0.1, -0.05) is 68.2 Å². The van der Waals surface area contributed by atoms with E-state index >= 15 is 0 Å². The molecule has 4 N–H and O–H groups in total. The molecule has 0 aliphatic rings. The summed E-state index contributed by atoms with van der Waals surface area (Å²) in [5, 5.41) is 24.1. The number of hydrogen-bond donors (Lipinski definition) is 4. The number of hydrogen-bond acceptors (Lipinski definition) is 4. The largest absolute Gasteiger partial charge is 0.479 e. The lowest BCUT2D eigenvalue weighted by Crippen LogP contribution is -2.36. The van der Waals surface area contributed by atoms with Gasteiger partial charge in [-0.3, -0.25) is 9.69 Å². The SMILES string of the molecule is CCC(C)(C)c1ccc(N(Cc2ccc(C(=O)NC[C@@H](O)C(=O)O)cc2)C(=O)Nc2ccc(Cl)c(Cl)c2)cc1. The number of rotatable bonds is 10. The number of carbonyl (C=O) groups excluding carboxylic acids is 2. The van der Waals surface area contributed by atoms with Gasteiger partial charge in [-0.05, 0) is 65.4 Å². The van der Waals surface area contributed by atoms with Gasteiger partial charge in [-0.25, -0.2) is 9.59 Å². The van der Waals surface area contributed by atoms with Crippen molar-refractivity contribution in [3.05, 3.63) is 93.5 Å². The molecule has 206 valence electrons. The Bertz CT molecular complexity index is 1330. The molecule has 10 heteroatoms. The Hall–Kier alpha value is -3.59. The van der Waals surface area contributed by atoms with Gasteiger partial charge in [0.05, 0.1) is 23.1 Å². The maximum atomic E-state index is 13.4. The normalized spacial score (nSPS) is 11.9. The van der Waals surface area contributed by atoms with E-state index in [0.717, 1.165) is 17.5 Å². The first kappa shape index (κ1) is 30.0. The third kappa shape index (κ3) is 7.95. The molecule has 0 saturated carbocycles. The van der Waals surface area contributed by atoms with Crippen molar-refractivity contribution in [1.29, 1.82) is 0 Å². The highest BCUT2D eigenvalue weighted by atomic mass is 35.5. The highest BCUT2D eigenvalue weighted by Gasteiger charge is 2.21. The average Bonchev–Trinajstić information content (AvgIpc) is 2.92. The van der Waals surface area contributed by atoms with E-state index in [4.69, 9.17) is 28.3 Å². The van der Waals surface area contributed by atoms with Crippen LogP contribution in [0.1, 0.15) is 48.7 Å². The van der Waals surface area contributed by atoms with Gasteiger partial charge in [-0.2, -0.15) is 0 Å². The number of anilines is 2. The molecule has 0 aliphatic carbocycles. The maximum absolute atomic E-state index is 13.4. The Labute approximate surface area is 237 Å². The average molecular weight is 572 g/mol. The van der Waals surface area contributed by atoms with Crippen LogP contribution >= 0.6 is 23.2 Å². The number of nitrogens with zero attached hydrogens (tertiary/aromatic N) is 1. The van der Waals surface area contributed by atoms with E-state index < -0.39 is 24.5 Å². The van der Waals surface area contributed by atoms with Gasteiger partial charge >= 0.3 is 12.0 Å². The number of halogens is 2. The minimum Gasteiger partial charge on any atom is -0.479 e. The summed E-state index contributed by atoms with van der Waals surface area (Å²) in [6.45, 7) is 6.24. The van der Waals surface area contributed by atoms with Crippen molar-refractivity contribution in [2.45, 2.75) is 45.3 Å². The number of aliphatic hydroxyl groups excluding tert-OH is 1. The molecule has 0 fully saturated rings. The summed E-state index contributed by atoms with van der Waals surface area (Å²) >= 11 is 12.1. The Morgan fingerprint density at radius 2 is 1.59 bits per heavy atom. The monoisotopic (exact) mass is 571 g/mol. The van der Waals surface area contributed by atoms with E-state index in [2.05, 4.69) is 31.4 Å². The van der Waals surface area contributed by atoms with Gasteiger partial charge in [0.15, 0.2) is 6.10 Å². The first-order valence-corrected chi connectivity index (χ1v) is 13.1. The first-order valence-electron chi connectivity index (χ1n) is 12.3. The van der Waals surface area contributed by atoms with Crippen molar-refractivity contribution in [1.82, 2.24) is 5.32 Å². The lowest BCUT2D eigenvalue weighted by molar-refractivity contribution is -0.146. The number of carbonyl (C=O) groups is 3. The number of carboxylic acids is 1. The fourth-order valence-electron chi connectivity index (χ4n) is 3.66. The van der Waals surface area contributed by atoms with Gasteiger partial charge in [0, 0.05) is 16.9 Å². The molecule has 1 atom stereocenters. The zero-order valence-corrected chi connectivity index (χ0v) is 23.4. The van der Waals surface area contributed by atoms with Crippen LogP contribution in [-0.2, 0) is 16.8 Å². The fraction of sp³-hybridized carbons (Fsp3) is 0.276. The van der Waals surface area contributed by atoms with Crippen LogP contribution in [0.25, 0.3) is 0 Å². The molecule has 0 aromatic heterocycles. The van der Waals surface area contributed by atoms with Crippen LogP contribution in [0.5, 0.6) is 0 Å². The summed E-state index contributed by atoms with van der Waals surface area (Å²) in [5.74, 6) is -1.94. The predicted octanol–water partition coefficient (Wildman–Crippen LogP) is 6.10. The minimum atomic E-state index is -1.69. The number of amides is 3. The van der Waals surface area contributed by atoms with Gasteiger partial charge in [0.2, 0.25) is 0 Å². The third-order valence-corrected chi connectivity index (χ3v) is 7.30. The van der Waals surface area contributed by atoms with Crippen LogP contribution < -0.4 is 15.5 Å². The van der Waals surface area contributed by atoms with Gasteiger partial charge in [-0.15, -0.1) is 0 Å². The second-order valence-electron chi connectivity index (χ2n) is 9.69. The summed E-state index contributed by atoms with van der Waals surface area (Å²) in [6, 6.07) is 18.8. The smallest absolute Gasteiger partial charge is 0.334 e. The molecule has 0 bridgehead atoms. The molecule has 0 saturated heterocycles. The molecule has 3 aromatic carbocycles. The molecule has 0 heterocycles. The highest BCUT2D eigenvalue weighted by Crippen LogP contribution is 2.30. The first-order chi connectivity index (χ1) is 18.4. The minimum absolute atomic E-state index is 0.0113. The van der Waals surface area contributed by atoms with Gasteiger partial charge in [0.25, 0.3) is 5.91 Å². The lowest BCUT2D eigenvalue weighted by Gasteiger charge is -2.27. The Morgan fingerprint density at radius 1 is 0.949 bits per heavy atom. The zero-order valence-electron chi connectivity index (χ0n) is 21.9. The second kappa shape index (κ2) is 13.0. The topological polar surface area (TPSA) is 119 Å². The summed E-state index contributed by atoms with van der Waals surface area (Å²) in [6.07, 6.45) is -0.728. The summed E-state index contributed by atoms with van der Waals surface area (Å²) in [7, 11) is 0. The lowest BCUT2D eigenvalue weighted by atomic mass is 9.82. The molecular formula is C29H31Cl2N3O5. The summed E-state index contributed by atoms with van der Waals surface area (Å²) in [4.78, 5) is 38.1. The van der Waals surface area contributed by atoms with Crippen LogP contribution in [0.2, 0.25) is 10.0 Å². The van der Waals surface area contributed by atoms with Crippen LogP contribution in [0.15, 0.2) is 66.7 Å². The fourth-order valence-corrected chi connectivity index (χ4v) is 3.96. The Kier molecular flexibility index (Phi) is 9.97. The van der Waals surface area contributed by atoms with E-state index in [-0.39, 0.29) is 23.6 Å². The number of carboxylic acid groups (broad SMARTS) is 1. The number of aliphatic hydroxyl groups is 1. The van der Waals surface area contributed by atoms with Crippen molar-refractivity contribution in [3.8, 4) is 0 Å². The summed E-state index contributed by atoms with van der Waals surface area (Å²) < 4.78 is 0. The van der Waals surface area contributed by atoms with Crippen molar-refractivity contribution >= 4 is 52.5 Å². The quantitative estimate of drug-likeness (QED) is 0.234. The zero-order chi connectivity index (χ0) is 28.7. The highest BCUT2D eigenvalue weighted by molar-refractivity contribution is 6.42. The van der Waals surface area contributed by atoms with Gasteiger partial charge in [0.1, 0.15) is 0 Å². The summed E-state index contributed by atoms with van der Waals surface area (Å²) in [5.41, 5.74) is 3.34. The molecule has 0 aliphatic heterocycles. The Morgan fingerprint density at radius 3 is 2.15 bits per heavy atom. The van der Waals surface area contributed by atoms with E-state index in [9.17, 15) is 19.5 Å². The second-order valence-corrected chi connectivity index (χ2v) is 10.5. The standard InChI is InChI=1S/C29H31Cl2N3O5/c1-4-29(2,3)20-9-12-22(13-10-20)34(28(39)33-21-11-14-23(30)24(31)15-21)17-18-5-7-19(8-6-18)26(36)32-16-25(35)27(37)38/h5-15,25,35H,4,16-17H2,1-3H3,(H,32,36)(H,33,39)(H,37,38)/t25-/m1/s1. The number of benzene rings is 3. The number of nitrogens with one attached hydrogen (secondary N) is 2. The predicted molar refractivity (Wildman–Crippen MR) is 154 cm³/mol. The van der Waals surface area contributed by atoms with E-state index in [1.165, 1.54) is 0 Å². The van der Waals surface area contributed by atoms with Crippen molar-refractivity contribution in [2.24, 2.45) is 0 Å². The molecule has 0 radical (unpaired) electrons. The van der Waals surface area contributed by atoms with E-state index in [1.54, 1.807) is 47.4 Å². The van der Waals surface area contributed by atoms with Crippen molar-refractivity contribution in [2.75, 3.05) is 16.8 Å². The molecule has 0 unspecified atom stereocenters. The van der Waals surface area contributed by atoms with E-state index in [1.807, 2.05) is 24.3 Å². The van der Waals surface area contributed by atoms with Crippen molar-refractivity contribution in [3.63, 3.8) is 0 Å². The van der Waals surface area contributed by atoms with Gasteiger partial charge < -0.3 is 20.8 Å². The number of aliphatic carboxylic acids is 1. The van der Waals surface area contributed by atoms with Crippen LogP contribution in [0.4, 0.5) is 16.2 Å². The molecule has 0 spiro atoms. The number of urea groups is 1. The molecule has 3 rings (SSSR count). The molecule has 3 aromatic rings. The molecule has 3 amide bonds.